The van der Waals surface area contributed by atoms with Crippen LogP contribution in [0.1, 0.15) is 32.1 Å². The Kier molecular flexibility index (Phi) is 3.78. The summed E-state index contributed by atoms with van der Waals surface area (Å²) in [5, 5.41) is 0.264. The third-order valence-electron chi connectivity index (χ3n) is 2.81. The van der Waals surface area contributed by atoms with Crippen LogP contribution in [0.25, 0.3) is 0 Å². The second kappa shape index (κ2) is 5.31. The molecule has 0 atom stereocenters. The Morgan fingerprint density at radius 1 is 1.20 bits per heavy atom. The Morgan fingerprint density at radius 3 is 2.53 bits per heavy atom. The van der Waals surface area contributed by atoms with Gasteiger partial charge in [-0.25, -0.2) is 9.97 Å². The minimum absolute atomic E-state index is 0.264. The summed E-state index contributed by atoms with van der Waals surface area (Å²) in [5.74, 6) is 1.42. The van der Waals surface area contributed by atoms with Crippen molar-refractivity contribution >= 4 is 11.6 Å². The van der Waals surface area contributed by atoms with Crippen LogP contribution in [0, 0.1) is 5.92 Å². The number of hydrogen-bond acceptors (Lipinski definition) is 3. The highest BCUT2D eigenvalue weighted by molar-refractivity contribution is 6.28. The van der Waals surface area contributed by atoms with Crippen LogP contribution in [0.3, 0.4) is 0 Å². The standard InChI is InChI=1S/C11H15ClN2O/c12-11-13-6-10(7-14-11)15-8-9-4-2-1-3-5-9/h6-7,9H,1-5,8H2. The molecule has 4 heteroatoms. The van der Waals surface area contributed by atoms with E-state index in [1.165, 1.54) is 32.1 Å². The first kappa shape index (κ1) is 10.7. The van der Waals surface area contributed by atoms with Crippen molar-refractivity contribution in [3.05, 3.63) is 17.7 Å². The number of aromatic nitrogens is 2. The summed E-state index contributed by atoms with van der Waals surface area (Å²) in [6, 6.07) is 0. The summed E-state index contributed by atoms with van der Waals surface area (Å²) < 4.78 is 5.62. The zero-order valence-corrected chi connectivity index (χ0v) is 9.41. The normalized spacial score (nSPS) is 17.7. The molecule has 0 amide bonds. The summed E-state index contributed by atoms with van der Waals surface area (Å²) in [6.07, 6.45) is 9.87. The highest BCUT2D eigenvalue weighted by Crippen LogP contribution is 2.24. The predicted octanol–water partition coefficient (Wildman–Crippen LogP) is 3.09. The summed E-state index contributed by atoms with van der Waals surface area (Å²) >= 11 is 5.58. The molecule has 0 unspecified atom stereocenters. The topological polar surface area (TPSA) is 35.0 Å². The maximum absolute atomic E-state index is 5.62. The van der Waals surface area contributed by atoms with Gasteiger partial charge in [-0.15, -0.1) is 0 Å². The van der Waals surface area contributed by atoms with Gasteiger partial charge in [0.25, 0.3) is 0 Å². The van der Waals surface area contributed by atoms with E-state index in [2.05, 4.69) is 9.97 Å². The first-order chi connectivity index (χ1) is 7.34. The molecule has 0 spiro atoms. The second-order valence-electron chi connectivity index (χ2n) is 4.00. The minimum atomic E-state index is 0.264. The van der Waals surface area contributed by atoms with Gasteiger partial charge in [-0.05, 0) is 30.4 Å². The van der Waals surface area contributed by atoms with E-state index in [1.807, 2.05) is 0 Å². The molecule has 15 heavy (non-hydrogen) atoms. The molecule has 3 nitrogen and oxygen atoms in total. The van der Waals surface area contributed by atoms with Crippen molar-refractivity contribution in [2.24, 2.45) is 5.92 Å². The van der Waals surface area contributed by atoms with Crippen molar-refractivity contribution in [1.82, 2.24) is 9.97 Å². The molecule has 1 aliphatic carbocycles. The van der Waals surface area contributed by atoms with E-state index in [-0.39, 0.29) is 5.28 Å². The molecule has 1 aromatic rings. The molecule has 2 rings (SSSR count). The molecule has 82 valence electrons. The third-order valence-corrected chi connectivity index (χ3v) is 3.00. The molecule has 0 saturated heterocycles. The van der Waals surface area contributed by atoms with Crippen molar-refractivity contribution in [2.75, 3.05) is 6.61 Å². The predicted molar refractivity (Wildman–Crippen MR) is 59.1 cm³/mol. The van der Waals surface area contributed by atoms with Gasteiger partial charge in [0.1, 0.15) is 0 Å². The third kappa shape index (κ3) is 3.34. The number of ether oxygens (including phenoxy) is 1. The van der Waals surface area contributed by atoms with Gasteiger partial charge in [0.15, 0.2) is 5.75 Å². The molecule has 1 aromatic heterocycles. The lowest BCUT2D eigenvalue weighted by Gasteiger charge is -2.21. The fraction of sp³-hybridized carbons (Fsp3) is 0.636. The van der Waals surface area contributed by atoms with Crippen LogP contribution in [0.15, 0.2) is 12.4 Å². The van der Waals surface area contributed by atoms with E-state index >= 15 is 0 Å². The highest BCUT2D eigenvalue weighted by atomic mass is 35.5. The molecule has 0 aromatic carbocycles. The van der Waals surface area contributed by atoms with Crippen LogP contribution in [-0.2, 0) is 0 Å². The van der Waals surface area contributed by atoms with Crippen LogP contribution in [0.5, 0.6) is 5.75 Å². The molecular weight excluding hydrogens is 212 g/mol. The average Bonchev–Trinajstić information content (AvgIpc) is 2.30. The zero-order valence-electron chi connectivity index (χ0n) is 8.66. The second-order valence-corrected chi connectivity index (χ2v) is 4.34. The lowest BCUT2D eigenvalue weighted by atomic mass is 9.90. The van der Waals surface area contributed by atoms with E-state index in [1.54, 1.807) is 12.4 Å². The molecule has 1 heterocycles. The van der Waals surface area contributed by atoms with Gasteiger partial charge in [-0.1, -0.05) is 19.3 Å². The Labute approximate surface area is 94.8 Å². The number of rotatable bonds is 3. The van der Waals surface area contributed by atoms with Gasteiger partial charge in [0.2, 0.25) is 5.28 Å². The molecule has 0 aliphatic heterocycles. The monoisotopic (exact) mass is 226 g/mol. The van der Waals surface area contributed by atoms with Crippen LogP contribution >= 0.6 is 11.6 Å². The van der Waals surface area contributed by atoms with Gasteiger partial charge in [-0.2, -0.15) is 0 Å². The lowest BCUT2D eigenvalue weighted by Crippen LogP contribution is -2.15. The minimum Gasteiger partial charge on any atom is -0.490 e. The van der Waals surface area contributed by atoms with Gasteiger partial charge in [0, 0.05) is 0 Å². The smallest absolute Gasteiger partial charge is 0.222 e. The first-order valence-corrected chi connectivity index (χ1v) is 5.83. The molecular formula is C11H15ClN2O. The summed E-state index contributed by atoms with van der Waals surface area (Å²) in [7, 11) is 0. The SMILES string of the molecule is Clc1ncc(OCC2CCCCC2)cn1. The van der Waals surface area contributed by atoms with E-state index in [4.69, 9.17) is 16.3 Å². The van der Waals surface area contributed by atoms with Gasteiger partial charge >= 0.3 is 0 Å². The van der Waals surface area contributed by atoms with Gasteiger partial charge < -0.3 is 4.74 Å². The largest absolute Gasteiger partial charge is 0.490 e. The average molecular weight is 227 g/mol. The Bertz CT molecular complexity index is 296. The van der Waals surface area contributed by atoms with E-state index in [0.717, 1.165) is 6.61 Å². The zero-order chi connectivity index (χ0) is 10.5. The Hall–Kier alpha value is -0.830. The van der Waals surface area contributed by atoms with E-state index < -0.39 is 0 Å². The Balaban J connectivity index is 1.79. The first-order valence-electron chi connectivity index (χ1n) is 5.45. The lowest BCUT2D eigenvalue weighted by molar-refractivity contribution is 0.207. The number of halogens is 1. The maximum atomic E-state index is 5.62. The van der Waals surface area contributed by atoms with Crippen LogP contribution in [-0.4, -0.2) is 16.6 Å². The Morgan fingerprint density at radius 2 is 1.87 bits per heavy atom. The fourth-order valence-corrected chi connectivity index (χ4v) is 2.04. The summed E-state index contributed by atoms with van der Waals surface area (Å²) in [6.45, 7) is 0.783. The fourth-order valence-electron chi connectivity index (χ4n) is 1.94. The molecule has 1 fully saturated rings. The quantitative estimate of drug-likeness (QED) is 0.743. The molecule has 1 aliphatic rings. The van der Waals surface area contributed by atoms with Crippen LogP contribution in [0.4, 0.5) is 0 Å². The van der Waals surface area contributed by atoms with Crippen molar-refractivity contribution in [3.8, 4) is 5.75 Å². The van der Waals surface area contributed by atoms with E-state index in [0.29, 0.717) is 11.7 Å². The molecule has 0 radical (unpaired) electrons. The van der Waals surface area contributed by atoms with Crippen LogP contribution < -0.4 is 4.74 Å². The summed E-state index contributed by atoms with van der Waals surface area (Å²) in [4.78, 5) is 7.74. The maximum Gasteiger partial charge on any atom is 0.222 e. The molecule has 0 bridgehead atoms. The summed E-state index contributed by atoms with van der Waals surface area (Å²) in [5.41, 5.74) is 0. The highest BCUT2D eigenvalue weighted by Gasteiger charge is 2.13. The van der Waals surface area contributed by atoms with Crippen molar-refractivity contribution < 1.29 is 4.74 Å². The van der Waals surface area contributed by atoms with Crippen molar-refractivity contribution in [2.45, 2.75) is 32.1 Å². The van der Waals surface area contributed by atoms with Gasteiger partial charge in [0.05, 0.1) is 19.0 Å². The molecule has 1 saturated carbocycles. The number of nitrogens with zero attached hydrogens (tertiary/aromatic N) is 2. The van der Waals surface area contributed by atoms with Crippen molar-refractivity contribution in [1.29, 1.82) is 0 Å². The van der Waals surface area contributed by atoms with Crippen molar-refractivity contribution in [3.63, 3.8) is 0 Å². The van der Waals surface area contributed by atoms with E-state index in [9.17, 15) is 0 Å². The van der Waals surface area contributed by atoms with Gasteiger partial charge in [-0.3, -0.25) is 0 Å². The number of hydrogen-bond donors (Lipinski definition) is 0. The van der Waals surface area contributed by atoms with Crippen LogP contribution in [0.2, 0.25) is 5.28 Å². The molecule has 0 N–H and O–H groups in total.